The summed E-state index contributed by atoms with van der Waals surface area (Å²) in [7, 11) is 0. The van der Waals surface area contributed by atoms with Gasteiger partial charge in [-0.1, -0.05) is 30.3 Å². The molecule has 0 amide bonds. The molecule has 1 aliphatic heterocycles. The van der Waals surface area contributed by atoms with Crippen LogP contribution in [-0.4, -0.2) is 13.1 Å². The quantitative estimate of drug-likeness (QED) is 0.820. The van der Waals surface area contributed by atoms with Gasteiger partial charge in [-0.15, -0.1) is 0 Å². The van der Waals surface area contributed by atoms with E-state index in [1.807, 2.05) is 0 Å². The van der Waals surface area contributed by atoms with E-state index in [1.165, 1.54) is 22.5 Å². The molecule has 0 unspecified atom stereocenters. The third-order valence-corrected chi connectivity index (χ3v) is 3.42. The second-order valence-corrected chi connectivity index (χ2v) is 4.80. The summed E-state index contributed by atoms with van der Waals surface area (Å²) in [6.45, 7) is 5.13. The average Bonchev–Trinajstić information content (AvgIpc) is 2.61. The van der Waals surface area contributed by atoms with E-state index in [4.69, 9.17) is 0 Å². The van der Waals surface area contributed by atoms with Gasteiger partial charge in [0, 0.05) is 31.0 Å². The van der Waals surface area contributed by atoms with Crippen LogP contribution in [0.2, 0.25) is 0 Å². The zero-order valence-electron chi connectivity index (χ0n) is 10.7. The van der Waals surface area contributed by atoms with Crippen LogP contribution in [0.25, 0.3) is 0 Å². The van der Waals surface area contributed by atoms with Crippen molar-refractivity contribution in [3.05, 3.63) is 59.7 Å². The summed E-state index contributed by atoms with van der Waals surface area (Å²) < 4.78 is 0. The first-order valence-electron chi connectivity index (χ1n) is 6.47. The first kappa shape index (κ1) is 11.3. The lowest BCUT2D eigenvalue weighted by molar-refractivity contribution is 0.712. The van der Waals surface area contributed by atoms with Gasteiger partial charge in [0.05, 0.1) is 0 Å². The van der Waals surface area contributed by atoms with E-state index in [9.17, 15) is 0 Å². The van der Waals surface area contributed by atoms with Gasteiger partial charge in [0.1, 0.15) is 0 Å². The molecule has 0 saturated heterocycles. The largest absolute Gasteiger partial charge is 0.340 e. The zero-order valence-corrected chi connectivity index (χ0v) is 10.7. The highest BCUT2D eigenvalue weighted by Gasteiger charge is 2.15. The fourth-order valence-corrected chi connectivity index (χ4v) is 2.52. The Kier molecular flexibility index (Phi) is 3.03. The molecule has 0 bridgehead atoms. The van der Waals surface area contributed by atoms with Crippen LogP contribution >= 0.6 is 0 Å². The number of rotatable bonds is 1. The predicted octanol–water partition coefficient (Wildman–Crippen LogP) is 3.24. The molecule has 0 fully saturated rings. The summed E-state index contributed by atoms with van der Waals surface area (Å²) in [6.07, 6.45) is 0. The molecule has 0 aliphatic carbocycles. The van der Waals surface area contributed by atoms with Crippen molar-refractivity contribution in [3.63, 3.8) is 0 Å². The van der Waals surface area contributed by atoms with Gasteiger partial charge in [0.15, 0.2) is 0 Å². The van der Waals surface area contributed by atoms with Gasteiger partial charge >= 0.3 is 0 Å². The van der Waals surface area contributed by atoms with Crippen LogP contribution in [-0.2, 0) is 6.54 Å². The summed E-state index contributed by atoms with van der Waals surface area (Å²) in [6, 6.07) is 17.4. The van der Waals surface area contributed by atoms with Gasteiger partial charge in [0.25, 0.3) is 0 Å². The molecule has 0 atom stereocenters. The number of anilines is 2. The topological polar surface area (TPSA) is 15.3 Å². The minimum absolute atomic E-state index is 0.957. The lowest BCUT2D eigenvalue weighted by Gasteiger charge is -2.25. The van der Waals surface area contributed by atoms with E-state index >= 15 is 0 Å². The van der Waals surface area contributed by atoms with Gasteiger partial charge in [-0.25, -0.2) is 0 Å². The number of nitrogens with one attached hydrogen (secondary N) is 1. The SMILES string of the molecule is Cc1cccc(N2CCNCc3ccccc32)c1. The van der Waals surface area contributed by atoms with Crippen molar-refractivity contribution in [2.24, 2.45) is 0 Å². The van der Waals surface area contributed by atoms with Crippen molar-refractivity contribution in [2.45, 2.75) is 13.5 Å². The number of aryl methyl sites for hydroxylation is 1. The summed E-state index contributed by atoms with van der Waals surface area (Å²) >= 11 is 0. The van der Waals surface area contributed by atoms with Crippen LogP contribution in [0.5, 0.6) is 0 Å². The minimum Gasteiger partial charge on any atom is -0.340 e. The van der Waals surface area contributed by atoms with E-state index in [0.29, 0.717) is 0 Å². The fraction of sp³-hybridized carbons (Fsp3) is 0.250. The molecular formula is C16H18N2. The first-order chi connectivity index (χ1) is 8.84. The second kappa shape index (κ2) is 4.83. The van der Waals surface area contributed by atoms with Crippen LogP contribution in [0.4, 0.5) is 11.4 Å². The normalized spacial score (nSPS) is 15.1. The van der Waals surface area contributed by atoms with Crippen LogP contribution < -0.4 is 10.2 Å². The van der Waals surface area contributed by atoms with Crippen molar-refractivity contribution in [2.75, 3.05) is 18.0 Å². The Morgan fingerprint density at radius 1 is 1.06 bits per heavy atom. The Hall–Kier alpha value is -1.80. The second-order valence-electron chi connectivity index (χ2n) is 4.80. The average molecular weight is 238 g/mol. The van der Waals surface area contributed by atoms with Crippen molar-refractivity contribution in [1.29, 1.82) is 0 Å². The molecule has 1 heterocycles. The van der Waals surface area contributed by atoms with Crippen molar-refractivity contribution >= 4 is 11.4 Å². The number of benzene rings is 2. The van der Waals surface area contributed by atoms with Crippen molar-refractivity contribution in [3.8, 4) is 0 Å². The Balaban J connectivity index is 2.06. The third kappa shape index (κ3) is 2.12. The molecule has 92 valence electrons. The highest BCUT2D eigenvalue weighted by molar-refractivity contribution is 5.67. The number of nitrogens with zero attached hydrogens (tertiary/aromatic N) is 1. The molecule has 1 N–H and O–H groups in total. The molecule has 0 saturated carbocycles. The first-order valence-corrected chi connectivity index (χ1v) is 6.47. The maximum absolute atomic E-state index is 3.48. The minimum atomic E-state index is 0.957. The molecule has 0 spiro atoms. The highest BCUT2D eigenvalue weighted by atomic mass is 15.2. The number of hydrogen-bond acceptors (Lipinski definition) is 2. The summed E-state index contributed by atoms with van der Waals surface area (Å²) in [5.41, 5.74) is 5.29. The maximum Gasteiger partial charge on any atom is 0.0456 e. The van der Waals surface area contributed by atoms with Crippen LogP contribution in [0, 0.1) is 6.92 Å². The molecule has 0 radical (unpaired) electrons. The Bertz CT molecular complexity index is 548. The van der Waals surface area contributed by atoms with Gasteiger partial charge < -0.3 is 10.2 Å². The molecule has 0 aromatic heterocycles. The highest BCUT2D eigenvalue weighted by Crippen LogP contribution is 2.29. The summed E-state index contributed by atoms with van der Waals surface area (Å²) in [5, 5.41) is 3.48. The van der Waals surface area contributed by atoms with Gasteiger partial charge in [-0.3, -0.25) is 0 Å². The van der Waals surface area contributed by atoms with E-state index in [1.54, 1.807) is 0 Å². The van der Waals surface area contributed by atoms with Crippen molar-refractivity contribution < 1.29 is 0 Å². The summed E-state index contributed by atoms with van der Waals surface area (Å²) in [4.78, 5) is 2.41. The Labute approximate surface area is 108 Å². The van der Waals surface area contributed by atoms with Crippen molar-refractivity contribution in [1.82, 2.24) is 5.32 Å². The van der Waals surface area contributed by atoms with E-state index in [0.717, 1.165) is 19.6 Å². The van der Waals surface area contributed by atoms with Crippen LogP contribution in [0.3, 0.4) is 0 Å². The monoisotopic (exact) mass is 238 g/mol. The summed E-state index contributed by atoms with van der Waals surface area (Å²) in [5.74, 6) is 0. The molecule has 18 heavy (non-hydrogen) atoms. The number of hydrogen-bond donors (Lipinski definition) is 1. The maximum atomic E-state index is 3.48. The van der Waals surface area contributed by atoms with Gasteiger partial charge in [0.2, 0.25) is 0 Å². The number of fused-ring (bicyclic) bond motifs is 1. The number of para-hydroxylation sites is 1. The van der Waals surface area contributed by atoms with E-state index < -0.39 is 0 Å². The standard InChI is InChI=1S/C16H18N2/c1-13-5-4-7-15(11-13)18-10-9-17-12-14-6-2-3-8-16(14)18/h2-8,11,17H,9-10,12H2,1H3. The lowest BCUT2D eigenvalue weighted by Crippen LogP contribution is -2.24. The lowest BCUT2D eigenvalue weighted by atomic mass is 10.1. The Morgan fingerprint density at radius 3 is 2.83 bits per heavy atom. The third-order valence-electron chi connectivity index (χ3n) is 3.42. The Morgan fingerprint density at radius 2 is 1.94 bits per heavy atom. The van der Waals surface area contributed by atoms with Crippen LogP contribution in [0.1, 0.15) is 11.1 Å². The molecule has 1 aliphatic rings. The van der Waals surface area contributed by atoms with E-state index in [-0.39, 0.29) is 0 Å². The molecule has 2 aromatic carbocycles. The molecule has 2 nitrogen and oxygen atoms in total. The zero-order chi connectivity index (χ0) is 12.4. The van der Waals surface area contributed by atoms with Gasteiger partial charge in [-0.2, -0.15) is 0 Å². The van der Waals surface area contributed by atoms with Gasteiger partial charge in [-0.05, 0) is 36.2 Å². The molecule has 3 rings (SSSR count). The molecule has 2 aromatic rings. The predicted molar refractivity (Wildman–Crippen MR) is 76.3 cm³/mol. The molecular weight excluding hydrogens is 220 g/mol. The van der Waals surface area contributed by atoms with Crippen LogP contribution in [0.15, 0.2) is 48.5 Å². The smallest absolute Gasteiger partial charge is 0.0456 e. The molecule has 2 heteroatoms. The fourth-order valence-electron chi connectivity index (χ4n) is 2.52. The van der Waals surface area contributed by atoms with E-state index in [2.05, 4.69) is 65.7 Å².